The molecule has 1 atom stereocenters. The van der Waals surface area contributed by atoms with Crippen LogP contribution in [0.25, 0.3) is 10.9 Å². The zero-order valence-corrected chi connectivity index (χ0v) is 19.4. The third-order valence-corrected chi connectivity index (χ3v) is 7.14. The minimum Gasteiger partial charge on any atom is -0.390 e. The fourth-order valence-corrected chi connectivity index (χ4v) is 4.76. The molecule has 5 rings (SSSR count). The molecule has 0 amide bonds. The molecule has 0 unspecified atom stereocenters. The molecule has 180 valence electrons. The fraction of sp³-hybridized carbons (Fsp3) is 0.480. The van der Waals surface area contributed by atoms with Crippen molar-refractivity contribution in [3.8, 4) is 0 Å². The lowest BCUT2D eigenvalue weighted by Gasteiger charge is -2.47. The van der Waals surface area contributed by atoms with Gasteiger partial charge < -0.3 is 20.1 Å². The van der Waals surface area contributed by atoms with Crippen LogP contribution in [0.4, 0.5) is 20.3 Å². The molecule has 7 nitrogen and oxygen atoms in total. The molecular formula is C25H29F2N5O2. The van der Waals surface area contributed by atoms with Crippen LogP contribution in [0.15, 0.2) is 36.5 Å². The Morgan fingerprint density at radius 2 is 1.97 bits per heavy atom. The van der Waals surface area contributed by atoms with Gasteiger partial charge in [-0.1, -0.05) is 18.2 Å². The lowest BCUT2D eigenvalue weighted by Crippen LogP contribution is -2.50. The molecule has 9 heteroatoms. The van der Waals surface area contributed by atoms with Crippen molar-refractivity contribution in [2.24, 2.45) is 5.41 Å². The molecular weight excluding hydrogens is 440 g/mol. The number of nitrogens with one attached hydrogen (secondary N) is 1. The zero-order valence-electron chi connectivity index (χ0n) is 19.4. The summed E-state index contributed by atoms with van der Waals surface area (Å²) in [6, 6.07) is 7.85. The molecule has 2 aliphatic heterocycles. The van der Waals surface area contributed by atoms with Crippen LogP contribution in [0, 0.1) is 12.3 Å². The standard InChI is InChI=1S/C25H29F2N5O2/c1-16(18-4-3-5-19(10-18)25(26,27)13-33)29-23-21-11-20(12-28-22(21)17(2)30-31-23)32-8-6-24(7-9-32)14-34-15-24/h3-5,10-12,16,33H,6-9,13-15H2,1-2H3,(H,29,31)/t16-/m1/s1. The van der Waals surface area contributed by atoms with E-state index in [4.69, 9.17) is 9.84 Å². The Labute approximate surface area is 197 Å². The lowest BCUT2D eigenvalue weighted by atomic mass is 9.77. The maximum Gasteiger partial charge on any atom is 0.295 e. The first kappa shape index (κ1) is 22.9. The van der Waals surface area contributed by atoms with Crippen LogP contribution < -0.4 is 10.2 Å². The topological polar surface area (TPSA) is 83.4 Å². The highest BCUT2D eigenvalue weighted by Gasteiger charge is 2.41. The number of piperidine rings is 1. The molecule has 0 radical (unpaired) electrons. The smallest absolute Gasteiger partial charge is 0.295 e. The second kappa shape index (κ2) is 8.70. The summed E-state index contributed by atoms with van der Waals surface area (Å²) >= 11 is 0. The third-order valence-electron chi connectivity index (χ3n) is 7.14. The van der Waals surface area contributed by atoms with Crippen molar-refractivity contribution in [2.45, 2.75) is 38.7 Å². The fourth-order valence-electron chi connectivity index (χ4n) is 4.76. The Bertz CT molecular complexity index is 1190. The molecule has 1 spiro atoms. The van der Waals surface area contributed by atoms with Crippen molar-refractivity contribution >= 4 is 22.4 Å². The summed E-state index contributed by atoms with van der Waals surface area (Å²) in [5.41, 5.74) is 3.32. The molecule has 2 aromatic heterocycles. The van der Waals surface area contributed by atoms with Crippen LogP contribution in [0.3, 0.4) is 0 Å². The maximum absolute atomic E-state index is 14.0. The number of aromatic nitrogens is 3. The van der Waals surface area contributed by atoms with Crippen molar-refractivity contribution in [1.82, 2.24) is 15.2 Å². The maximum atomic E-state index is 14.0. The Balaban J connectivity index is 1.41. The molecule has 0 bridgehead atoms. The summed E-state index contributed by atoms with van der Waals surface area (Å²) < 4.78 is 33.4. The number of aliphatic hydroxyl groups is 1. The van der Waals surface area contributed by atoms with Crippen molar-refractivity contribution in [2.75, 3.05) is 43.1 Å². The number of pyridine rings is 1. The number of anilines is 2. The predicted octanol–water partition coefficient (Wildman–Crippen LogP) is 4.21. The number of hydrogen-bond donors (Lipinski definition) is 2. The molecule has 2 aliphatic rings. The van der Waals surface area contributed by atoms with Crippen LogP contribution >= 0.6 is 0 Å². The lowest BCUT2D eigenvalue weighted by molar-refractivity contribution is -0.124. The van der Waals surface area contributed by atoms with Gasteiger partial charge >= 0.3 is 0 Å². The number of alkyl halides is 2. The Morgan fingerprint density at radius 1 is 1.21 bits per heavy atom. The summed E-state index contributed by atoms with van der Waals surface area (Å²) in [5.74, 6) is -2.73. The number of aryl methyl sites for hydroxylation is 1. The number of nitrogens with zero attached hydrogens (tertiary/aromatic N) is 4. The summed E-state index contributed by atoms with van der Waals surface area (Å²) in [4.78, 5) is 7.04. The van der Waals surface area contributed by atoms with E-state index in [0.29, 0.717) is 16.8 Å². The van der Waals surface area contributed by atoms with Gasteiger partial charge in [0.2, 0.25) is 0 Å². The van der Waals surface area contributed by atoms with Gasteiger partial charge in [-0.05, 0) is 44.4 Å². The Kier molecular flexibility index (Phi) is 5.85. The van der Waals surface area contributed by atoms with Gasteiger partial charge in [0.15, 0.2) is 5.82 Å². The second-order valence-corrected chi connectivity index (χ2v) is 9.56. The summed E-state index contributed by atoms with van der Waals surface area (Å²) in [7, 11) is 0. The third kappa shape index (κ3) is 4.18. The predicted molar refractivity (Wildman–Crippen MR) is 126 cm³/mol. The Morgan fingerprint density at radius 3 is 2.65 bits per heavy atom. The monoisotopic (exact) mass is 469 g/mol. The minimum atomic E-state index is -3.29. The van der Waals surface area contributed by atoms with Crippen molar-refractivity contribution in [3.63, 3.8) is 0 Å². The average molecular weight is 470 g/mol. The second-order valence-electron chi connectivity index (χ2n) is 9.56. The number of rotatable bonds is 6. The highest BCUT2D eigenvalue weighted by atomic mass is 19.3. The van der Waals surface area contributed by atoms with E-state index < -0.39 is 12.5 Å². The van der Waals surface area contributed by atoms with Crippen LogP contribution in [0.5, 0.6) is 0 Å². The number of fused-ring (bicyclic) bond motifs is 1. The summed E-state index contributed by atoms with van der Waals surface area (Å²) in [5, 5.41) is 21.8. The molecule has 2 fully saturated rings. The quantitative estimate of drug-likeness (QED) is 0.560. The zero-order chi connectivity index (χ0) is 23.9. The Hall–Kier alpha value is -2.91. The van der Waals surface area contributed by atoms with E-state index in [1.54, 1.807) is 12.1 Å². The first-order chi connectivity index (χ1) is 16.3. The number of hydrogen-bond acceptors (Lipinski definition) is 7. The molecule has 34 heavy (non-hydrogen) atoms. The van der Waals surface area contributed by atoms with E-state index in [1.807, 2.05) is 20.0 Å². The molecule has 1 aromatic carbocycles. The summed E-state index contributed by atoms with van der Waals surface area (Å²) in [6.45, 7) is 6.16. The first-order valence-electron chi connectivity index (χ1n) is 11.6. The van der Waals surface area contributed by atoms with Gasteiger partial charge in [0, 0.05) is 29.5 Å². The van der Waals surface area contributed by atoms with E-state index in [1.165, 1.54) is 12.1 Å². The molecule has 4 heterocycles. The number of benzene rings is 1. The van der Waals surface area contributed by atoms with Gasteiger partial charge in [-0.2, -0.15) is 13.9 Å². The average Bonchev–Trinajstić information content (AvgIpc) is 2.84. The highest BCUT2D eigenvalue weighted by Crippen LogP contribution is 2.40. The minimum absolute atomic E-state index is 0.218. The van der Waals surface area contributed by atoms with E-state index in [9.17, 15) is 8.78 Å². The van der Waals surface area contributed by atoms with Gasteiger partial charge in [-0.15, -0.1) is 5.10 Å². The van der Waals surface area contributed by atoms with Crippen molar-refractivity contribution in [1.29, 1.82) is 0 Å². The van der Waals surface area contributed by atoms with E-state index in [2.05, 4.69) is 31.5 Å². The van der Waals surface area contributed by atoms with Gasteiger partial charge in [0.25, 0.3) is 5.92 Å². The first-order valence-corrected chi connectivity index (χ1v) is 11.6. The number of ether oxygens (including phenoxy) is 1. The molecule has 0 saturated carbocycles. The molecule has 2 saturated heterocycles. The number of aliphatic hydroxyl groups excluding tert-OH is 1. The SMILES string of the molecule is Cc1nnc(N[C@H](C)c2cccc(C(F)(F)CO)c2)c2cc(N3CCC4(CC3)COC4)cnc12. The number of halogens is 2. The van der Waals surface area contributed by atoms with Crippen LogP contribution in [0.1, 0.15) is 42.6 Å². The molecule has 0 aliphatic carbocycles. The van der Waals surface area contributed by atoms with Gasteiger partial charge in [-0.25, -0.2) is 0 Å². The van der Waals surface area contributed by atoms with E-state index >= 15 is 0 Å². The van der Waals surface area contributed by atoms with E-state index in [0.717, 1.165) is 61.4 Å². The highest BCUT2D eigenvalue weighted by molar-refractivity contribution is 5.92. The summed E-state index contributed by atoms with van der Waals surface area (Å²) in [6.07, 6.45) is 4.10. The van der Waals surface area contributed by atoms with Crippen LogP contribution in [-0.2, 0) is 10.7 Å². The van der Waals surface area contributed by atoms with Crippen LogP contribution in [-0.4, -0.2) is 53.2 Å². The molecule has 3 aromatic rings. The van der Waals surface area contributed by atoms with E-state index in [-0.39, 0.29) is 11.6 Å². The van der Waals surface area contributed by atoms with Gasteiger partial charge in [0.1, 0.15) is 6.61 Å². The van der Waals surface area contributed by atoms with Crippen LogP contribution in [0.2, 0.25) is 0 Å². The molecule has 2 N–H and O–H groups in total. The van der Waals surface area contributed by atoms with Crippen molar-refractivity contribution < 1.29 is 18.6 Å². The normalized spacial score (nSPS) is 18.7. The largest absolute Gasteiger partial charge is 0.390 e. The van der Waals surface area contributed by atoms with Gasteiger partial charge in [-0.3, -0.25) is 4.98 Å². The van der Waals surface area contributed by atoms with Gasteiger partial charge in [0.05, 0.1) is 42.4 Å². The van der Waals surface area contributed by atoms with Crippen molar-refractivity contribution in [3.05, 3.63) is 53.3 Å².